The van der Waals surface area contributed by atoms with Crippen LogP contribution in [0.5, 0.6) is 0 Å². The Bertz CT molecular complexity index is 359. The number of amides is 1. The van der Waals surface area contributed by atoms with Gasteiger partial charge in [-0.15, -0.1) is 0 Å². The molecular weight excluding hydrogens is 204 g/mol. The van der Waals surface area contributed by atoms with Crippen molar-refractivity contribution in [3.63, 3.8) is 0 Å². The van der Waals surface area contributed by atoms with E-state index in [1.165, 1.54) is 0 Å². The summed E-state index contributed by atoms with van der Waals surface area (Å²) in [5.41, 5.74) is 5.41. The predicted molar refractivity (Wildman–Crippen MR) is 62.9 cm³/mol. The highest BCUT2D eigenvalue weighted by Crippen LogP contribution is 2.13. The molecule has 0 aliphatic carbocycles. The molecule has 0 bridgehead atoms. The van der Waals surface area contributed by atoms with E-state index in [1.54, 1.807) is 6.20 Å². The van der Waals surface area contributed by atoms with Crippen molar-refractivity contribution in [2.75, 3.05) is 0 Å². The summed E-state index contributed by atoms with van der Waals surface area (Å²) in [4.78, 5) is 15.6. The molecule has 0 radical (unpaired) electrons. The van der Waals surface area contributed by atoms with E-state index in [0.717, 1.165) is 5.82 Å². The largest absolute Gasteiger partial charge is 0.368 e. The van der Waals surface area contributed by atoms with Crippen LogP contribution in [0.15, 0.2) is 12.4 Å². The third kappa shape index (κ3) is 2.82. The van der Waals surface area contributed by atoms with E-state index in [1.807, 2.05) is 38.5 Å². The number of nitrogens with one attached hydrogen (secondary N) is 1. The van der Waals surface area contributed by atoms with Crippen molar-refractivity contribution in [3.05, 3.63) is 18.2 Å². The SMILES string of the molecule is Cc1nccn1C(C)C(NC(C)C)C(N)=O. The lowest BCUT2D eigenvalue weighted by Crippen LogP contribution is -2.49. The molecule has 5 heteroatoms. The highest BCUT2D eigenvalue weighted by Gasteiger charge is 2.25. The Morgan fingerprint density at radius 1 is 1.50 bits per heavy atom. The summed E-state index contributed by atoms with van der Waals surface area (Å²) in [5.74, 6) is 0.540. The third-order valence-corrected chi connectivity index (χ3v) is 2.60. The number of carbonyl (C=O) groups is 1. The molecule has 0 aliphatic rings. The van der Waals surface area contributed by atoms with Crippen LogP contribution in [0, 0.1) is 6.92 Å². The van der Waals surface area contributed by atoms with E-state index in [0.29, 0.717) is 0 Å². The molecule has 16 heavy (non-hydrogen) atoms. The molecule has 1 aromatic rings. The third-order valence-electron chi connectivity index (χ3n) is 2.60. The summed E-state index contributed by atoms with van der Waals surface area (Å²) >= 11 is 0. The Morgan fingerprint density at radius 2 is 2.12 bits per heavy atom. The first-order valence-corrected chi connectivity index (χ1v) is 5.48. The van der Waals surface area contributed by atoms with Gasteiger partial charge in [0.2, 0.25) is 5.91 Å². The van der Waals surface area contributed by atoms with E-state index in [9.17, 15) is 4.79 Å². The first-order chi connectivity index (χ1) is 7.43. The van der Waals surface area contributed by atoms with Gasteiger partial charge in [0.15, 0.2) is 0 Å². The average molecular weight is 224 g/mol. The quantitative estimate of drug-likeness (QED) is 0.769. The molecule has 1 amide bonds. The number of imidazole rings is 1. The molecule has 1 heterocycles. The molecule has 5 nitrogen and oxygen atoms in total. The van der Waals surface area contributed by atoms with Crippen LogP contribution in [0.25, 0.3) is 0 Å². The Kier molecular flexibility index (Phi) is 4.06. The van der Waals surface area contributed by atoms with Crippen molar-refractivity contribution in [1.82, 2.24) is 14.9 Å². The number of aromatic nitrogens is 2. The molecule has 3 N–H and O–H groups in total. The lowest BCUT2D eigenvalue weighted by molar-refractivity contribution is -0.121. The number of carbonyl (C=O) groups excluding carboxylic acids is 1. The molecular formula is C11H20N4O. The minimum absolute atomic E-state index is 0.0394. The van der Waals surface area contributed by atoms with Crippen molar-refractivity contribution >= 4 is 5.91 Å². The van der Waals surface area contributed by atoms with Gasteiger partial charge < -0.3 is 15.6 Å². The zero-order chi connectivity index (χ0) is 12.3. The van der Waals surface area contributed by atoms with Crippen molar-refractivity contribution in [2.24, 2.45) is 5.73 Å². The van der Waals surface area contributed by atoms with Gasteiger partial charge in [-0.1, -0.05) is 13.8 Å². The van der Waals surface area contributed by atoms with Gasteiger partial charge in [-0.2, -0.15) is 0 Å². The lowest BCUT2D eigenvalue weighted by Gasteiger charge is -2.26. The van der Waals surface area contributed by atoms with Crippen LogP contribution in [-0.4, -0.2) is 27.5 Å². The van der Waals surface area contributed by atoms with E-state index in [-0.39, 0.29) is 24.0 Å². The standard InChI is InChI=1S/C11H20N4O/c1-7(2)14-10(11(12)16)8(3)15-6-5-13-9(15)4/h5-8,10,14H,1-4H3,(H2,12,16). The fourth-order valence-corrected chi connectivity index (χ4v) is 1.80. The molecule has 2 atom stereocenters. The fourth-order valence-electron chi connectivity index (χ4n) is 1.80. The minimum Gasteiger partial charge on any atom is -0.368 e. The topological polar surface area (TPSA) is 72.9 Å². The van der Waals surface area contributed by atoms with Crippen molar-refractivity contribution < 1.29 is 4.79 Å². The number of nitrogens with zero attached hydrogens (tertiary/aromatic N) is 2. The van der Waals surface area contributed by atoms with Crippen molar-refractivity contribution in [1.29, 1.82) is 0 Å². The summed E-state index contributed by atoms with van der Waals surface area (Å²) in [5, 5.41) is 3.17. The Hall–Kier alpha value is -1.36. The number of nitrogens with two attached hydrogens (primary N) is 1. The first kappa shape index (κ1) is 12.7. The normalized spacial score (nSPS) is 15.1. The molecule has 90 valence electrons. The Morgan fingerprint density at radius 3 is 2.50 bits per heavy atom. The van der Waals surface area contributed by atoms with E-state index in [2.05, 4.69) is 10.3 Å². The smallest absolute Gasteiger partial charge is 0.236 e. The van der Waals surface area contributed by atoms with Crippen LogP contribution in [0.2, 0.25) is 0 Å². The number of rotatable bonds is 5. The maximum absolute atomic E-state index is 11.4. The van der Waals surface area contributed by atoms with E-state index < -0.39 is 0 Å². The van der Waals surface area contributed by atoms with Gasteiger partial charge in [0.1, 0.15) is 11.9 Å². The molecule has 0 fully saturated rings. The summed E-state index contributed by atoms with van der Waals surface area (Å²) < 4.78 is 1.95. The van der Waals surface area contributed by atoms with Gasteiger partial charge in [-0.25, -0.2) is 4.98 Å². The van der Waals surface area contributed by atoms with Crippen LogP contribution < -0.4 is 11.1 Å². The lowest BCUT2D eigenvalue weighted by atomic mass is 10.1. The first-order valence-electron chi connectivity index (χ1n) is 5.48. The number of aryl methyl sites for hydroxylation is 1. The summed E-state index contributed by atoms with van der Waals surface area (Å²) in [7, 11) is 0. The van der Waals surface area contributed by atoms with Crippen molar-refractivity contribution in [3.8, 4) is 0 Å². The summed E-state index contributed by atoms with van der Waals surface area (Å²) in [6, 6.07) is -0.209. The van der Waals surface area contributed by atoms with Crippen LogP contribution >= 0.6 is 0 Å². The molecule has 0 aromatic carbocycles. The monoisotopic (exact) mass is 224 g/mol. The highest BCUT2D eigenvalue weighted by atomic mass is 16.1. The van der Waals surface area contributed by atoms with Gasteiger partial charge in [-0.3, -0.25) is 4.79 Å². The second-order valence-electron chi connectivity index (χ2n) is 4.32. The summed E-state index contributed by atoms with van der Waals surface area (Å²) in [6.45, 7) is 7.84. The zero-order valence-electron chi connectivity index (χ0n) is 10.3. The van der Waals surface area contributed by atoms with Crippen LogP contribution in [-0.2, 0) is 4.79 Å². The molecule has 1 aromatic heterocycles. The van der Waals surface area contributed by atoms with Gasteiger partial charge in [0.05, 0.1) is 6.04 Å². The molecule has 0 spiro atoms. The second kappa shape index (κ2) is 5.12. The predicted octanol–water partition coefficient (Wildman–Crippen LogP) is 0.604. The molecule has 0 saturated heterocycles. The van der Waals surface area contributed by atoms with Gasteiger partial charge in [0.25, 0.3) is 0 Å². The maximum atomic E-state index is 11.4. The van der Waals surface area contributed by atoms with Crippen LogP contribution in [0.1, 0.15) is 32.6 Å². The van der Waals surface area contributed by atoms with Gasteiger partial charge in [0, 0.05) is 18.4 Å². The molecule has 0 aliphatic heterocycles. The highest BCUT2D eigenvalue weighted by molar-refractivity contribution is 5.80. The Labute approximate surface area is 96.0 Å². The Balaban J connectivity index is 2.87. The number of primary amides is 1. The zero-order valence-corrected chi connectivity index (χ0v) is 10.3. The van der Waals surface area contributed by atoms with Gasteiger partial charge >= 0.3 is 0 Å². The van der Waals surface area contributed by atoms with Gasteiger partial charge in [-0.05, 0) is 13.8 Å². The van der Waals surface area contributed by atoms with Crippen LogP contribution in [0.3, 0.4) is 0 Å². The molecule has 1 rings (SSSR count). The van der Waals surface area contributed by atoms with E-state index >= 15 is 0 Å². The second-order valence-corrected chi connectivity index (χ2v) is 4.32. The van der Waals surface area contributed by atoms with Crippen LogP contribution in [0.4, 0.5) is 0 Å². The number of hydrogen-bond acceptors (Lipinski definition) is 3. The number of hydrogen-bond donors (Lipinski definition) is 2. The van der Waals surface area contributed by atoms with Crippen molar-refractivity contribution in [2.45, 2.75) is 45.8 Å². The van der Waals surface area contributed by atoms with E-state index in [4.69, 9.17) is 5.73 Å². The molecule has 0 saturated carbocycles. The maximum Gasteiger partial charge on any atom is 0.236 e. The molecule has 2 unspecified atom stereocenters. The fraction of sp³-hybridized carbons (Fsp3) is 0.636. The summed E-state index contributed by atoms with van der Waals surface area (Å²) in [6.07, 6.45) is 3.58. The minimum atomic E-state index is -0.382. The average Bonchev–Trinajstić information content (AvgIpc) is 2.59.